The Morgan fingerprint density at radius 3 is 2.41 bits per heavy atom. The number of nitrogens with one attached hydrogen (secondary N) is 1. The molecule has 2 aromatic carbocycles. The van der Waals surface area contributed by atoms with Crippen LogP contribution in [0.2, 0.25) is 0 Å². The van der Waals surface area contributed by atoms with Crippen molar-refractivity contribution in [3.05, 3.63) is 76.9 Å². The molecule has 1 heterocycles. The molecular weight excluding hydrogens is 476 g/mol. The molecule has 6 nitrogen and oxygen atoms in total. The van der Waals surface area contributed by atoms with Crippen LogP contribution in [0.3, 0.4) is 0 Å². The summed E-state index contributed by atoms with van der Waals surface area (Å²) in [5, 5.41) is 2.52. The van der Waals surface area contributed by atoms with Gasteiger partial charge in [-0.25, -0.2) is 12.8 Å². The average molecular weight is 496 g/mol. The van der Waals surface area contributed by atoms with Crippen molar-refractivity contribution >= 4 is 21.4 Å². The summed E-state index contributed by atoms with van der Waals surface area (Å²) in [6.07, 6.45) is -2.59. The first kappa shape index (κ1) is 25.2. The quantitative estimate of drug-likeness (QED) is 0.485. The Kier molecular flexibility index (Phi) is 6.97. The highest BCUT2D eigenvalue weighted by Crippen LogP contribution is 2.36. The molecule has 0 fully saturated rings. The van der Waals surface area contributed by atoms with Crippen LogP contribution in [0, 0.1) is 12.7 Å². The highest BCUT2D eigenvalue weighted by atomic mass is 32.2. The lowest BCUT2D eigenvalue weighted by molar-refractivity contribution is -0.137. The molecule has 11 heteroatoms. The molecule has 34 heavy (non-hydrogen) atoms. The lowest BCUT2D eigenvalue weighted by Gasteiger charge is -2.16. The second-order valence-electron chi connectivity index (χ2n) is 7.66. The van der Waals surface area contributed by atoms with Crippen LogP contribution in [0.5, 0.6) is 5.75 Å². The summed E-state index contributed by atoms with van der Waals surface area (Å²) in [6.45, 7) is 1.69. The Bertz CT molecular complexity index is 1360. The summed E-state index contributed by atoms with van der Waals surface area (Å²) in [7, 11) is -2.31. The Morgan fingerprint density at radius 1 is 1.09 bits per heavy atom. The maximum Gasteiger partial charge on any atom is 0.416 e. The molecule has 0 saturated heterocycles. The summed E-state index contributed by atoms with van der Waals surface area (Å²) in [5.74, 6) is -1.94. The number of aryl methyl sites for hydroxylation is 1. The molecule has 0 unspecified atom stereocenters. The van der Waals surface area contributed by atoms with Gasteiger partial charge in [0.25, 0.3) is 5.91 Å². The van der Waals surface area contributed by atoms with Gasteiger partial charge in [0.2, 0.25) is 0 Å². The van der Waals surface area contributed by atoms with Gasteiger partial charge in [-0.1, -0.05) is 0 Å². The summed E-state index contributed by atoms with van der Waals surface area (Å²) in [4.78, 5) is 17.1. The topological polar surface area (TPSA) is 85.4 Å². The maximum atomic E-state index is 13.7. The maximum absolute atomic E-state index is 13.7. The second-order valence-corrected chi connectivity index (χ2v) is 9.80. The number of aromatic nitrogens is 1. The lowest BCUT2D eigenvalue weighted by atomic mass is 10.0. The molecule has 3 aromatic rings. The van der Waals surface area contributed by atoms with Gasteiger partial charge in [-0.05, 0) is 48.9 Å². The first-order valence-electron chi connectivity index (χ1n) is 9.77. The van der Waals surface area contributed by atoms with Crippen LogP contribution < -0.4 is 10.1 Å². The van der Waals surface area contributed by atoms with E-state index in [1.54, 1.807) is 13.0 Å². The van der Waals surface area contributed by atoms with E-state index >= 15 is 0 Å². The molecule has 180 valence electrons. The lowest BCUT2D eigenvalue weighted by Crippen LogP contribution is -2.16. The molecule has 0 saturated carbocycles. The van der Waals surface area contributed by atoms with Gasteiger partial charge in [-0.15, -0.1) is 0 Å². The minimum absolute atomic E-state index is 0.141. The summed E-state index contributed by atoms with van der Waals surface area (Å²) >= 11 is 0. The van der Waals surface area contributed by atoms with Gasteiger partial charge in [0.05, 0.1) is 30.3 Å². The number of halogens is 4. The zero-order valence-corrected chi connectivity index (χ0v) is 19.1. The Morgan fingerprint density at radius 2 is 1.79 bits per heavy atom. The number of ether oxygens (including phenoxy) is 1. The predicted octanol–water partition coefficient (Wildman–Crippen LogP) is 5.02. The number of carbonyl (C=O) groups excluding carboxylic acids is 1. The van der Waals surface area contributed by atoms with Crippen LogP contribution in [0.25, 0.3) is 11.1 Å². The van der Waals surface area contributed by atoms with Crippen molar-refractivity contribution in [3.8, 4) is 16.9 Å². The second kappa shape index (κ2) is 9.41. The highest BCUT2D eigenvalue weighted by molar-refractivity contribution is 7.89. The highest BCUT2D eigenvalue weighted by Gasteiger charge is 2.32. The first-order valence-corrected chi connectivity index (χ1v) is 11.8. The van der Waals surface area contributed by atoms with Crippen molar-refractivity contribution in [1.29, 1.82) is 0 Å². The largest absolute Gasteiger partial charge is 0.496 e. The van der Waals surface area contributed by atoms with E-state index in [0.717, 1.165) is 18.4 Å². The molecule has 0 radical (unpaired) electrons. The number of nitrogens with zero attached hydrogens (tertiary/aromatic N) is 1. The SMILES string of the molecule is COc1cc(F)ccc1-c1cc(C)ncc1NC(=O)c1cc(CS(C)(=O)=O)cc(C(F)(F)F)c1. The zero-order chi connectivity index (χ0) is 25.3. The Hall–Kier alpha value is -3.47. The van der Waals surface area contributed by atoms with Crippen molar-refractivity contribution in [1.82, 2.24) is 4.98 Å². The van der Waals surface area contributed by atoms with Gasteiger partial charge in [0, 0.05) is 34.7 Å². The molecule has 3 rings (SSSR count). The predicted molar refractivity (Wildman–Crippen MR) is 119 cm³/mol. The van der Waals surface area contributed by atoms with E-state index in [1.807, 2.05) is 0 Å². The van der Waals surface area contributed by atoms with E-state index in [-0.39, 0.29) is 22.6 Å². The fourth-order valence-electron chi connectivity index (χ4n) is 3.34. The first-order chi connectivity index (χ1) is 15.8. The number of benzene rings is 2. The van der Waals surface area contributed by atoms with Gasteiger partial charge >= 0.3 is 6.18 Å². The van der Waals surface area contributed by atoms with E-state index in [2.05, 4.69) is 10.3 Å². The third-order valence-electron chi connectivity index (χ3n) is 4.75. The number of carbonyl (C=O) groups is 1. The number of methoxy groups -OCH3 is 1. The number of hydrogen-bond acceptors (Lipinski definition) is 5. The van der Waals surface area contributed by atoms with Crippen molar-refractivity contribution in [2.45, 2.75) is 18.9 Å². The average Bonchev–Trinajstić information content (AvgIpc) is 2.72. The van der Waals surface area contributed by atoms with Crippen LogP contribution in [0.15, 0.2) is 48.7 Å². The Balaban J connectivity index is 2.07. The number of alkyl halides is 3. The summed E-state index contributed by atoms with van der Waals surface area (Å²) in [5.41, 5.74) is -0.179. The van der Waals surface area contributed by atoms with Crippen molar-refractivity contribution < 1.29 is 35.5 Å². The fourth-order valence-corrected chi connectivity index (χ4v) is 4.11. The molecule has 1 aromatic heterocycles. The van der Waals surface area contributed by atoms with E-state index in [0.29, 0.717) is 29.0 Å². The number of amides is 1. The van der Waals surface area contributed by atoms with Crippen LogP contribution in [-0.2, 0) is 21.8 Å². The van der Waals surface area contributed by atoms with Gasteiger partial charge in [-0.3, -0.25) is 9.78 Å². The number of hydrogen-bond donors (Lipinski definition) is 1. The van der Waals surface area contributed by atoms with Crippen molar-refractivity contribution in [2.75, 3.05) is 18.7 Å². The van der Waals surface area contributed by atoms with Gasteiger partial charge in [0.15, 0.2) is 9.84 Å². The number of sulfone groups is 1. The normalized spacial score (nSPS) is 11.9. The monoisotopic (exact) mass is 496 g/mol. The van der Waals surface area contributed by atoms with Gasteiger partial charge in [-0.2, -0.15) is 13.2 Å². The van der Waals surface area contributed by atoms with E-state index in [9.17, 15) is 30.8 Å². The third-order valence-corrected chi connectivity index (χ3v) is 5.61. The number of rotatable bonds is 6. The van der Waals surface area contributed by atoms with E-state index in [4.69, 9.17) is 4.74 Å². The standard InChI is InChI=1S/C23H20F4N2O4S/c1-13-6-19(18-5-4-17(24)10-21(18)33-2)20(11-28-13)29-22(30)15-7-14(12-34(3,31)32)8-16(9-15)23(25,26)27/h4-11H,12H2,1-3H3,(H,29,30). The third kappa shape index (κ3) is 6.10. The summed E-state index contributed by atoms with van der Waals surface area (Å²) in [6, 6.07) is 7.82. The molecule has 1 N–H and O–H groups in total. The molecule has 0 spiro atoms. The molecule has 0 aliphatic heterocycles. The Labute approximate surface area is 193 Å². The molecule has 0 aliphatic rings. The van der Waals surface area contributed by atoms with Gasteiger partial charge in [0.1, 0.15) is 11.6 Å². The smallest absolute Gasteiger partial charge is 0.416 e. The fraction of sp³-hybridized carbons (Fsp3) is 0.217. The molecule has 0 atom stereocenters. The molecule has 0 bridgehead atoms. The van der Waals surface area contributed by atoms with Gasteiger partial charge < -0.3 is 10.1 Å². The van der Waals surface area contributed by atoms with E-state index in [1.165, 1.54) is 25.4 Å². The van der Waals surface area contributed by atoms with Crippen LogP contribution in [-0.4, -0.2) is 32.7 Å². The summed E-state index contributed by atoms with van der Waals surface area (Å²) < 4.78 is 82.3. The zero-order valence-electron chi connectivity index (χ0n) is 18.3. The number of anilines is 1. The van der Waals surface area contributed by atoms with Crippen molar-refractivity contribution in [3.63, 3.8) is 0 Å². The van der Waals surface area contributed by atoms with Crippen LogP contribution >= 0.6 is 0 Å². The molecule has 1 amide bonds. The van der Waals surface area contributed by atoms with Crippen molar-refractivity contribution in [2.24, 2.45) is 0 Å². The van der Waals surface area contributed by atoms with Crippen LogP contribution in [0.4, 0.5) is 23.2 Å². The molecular formula is C23H20F4N2O4S. The molecule has 0 aliphatic carbocycles. The minimum atomic E-state index is -4.79. The number of pyridine rings is 1. The van der Waals surface area contributed by atoms with E-state index < -0.39 is 39.1 Å². The minimum Gasteiger partial charge on any atom is -0.496 e. The van der Waals surface area contributed by atoms with Crippen LogP contribution in [0.1, 0.15) is 27.2 Å².